The summed E-state index contributed by atoms with van der Waals surface area (Å²) in [5.41, 5.74) is 0.611. The molecule has 0 aliphatic carbocycles. The molecule has 2 aromatic rings. The van der Waals surface area contributed by atoms with Crippen LogP contribution >= 0.6 is 0 Å². The molecule has 0 bridgehead atoms. The standard InChI is InChI=1S/C16H17FN2O3S/c1-2-10-18-23(21,22)15-8-6-14(7-9-15)19-16(20)12-4-3-5-13(17)11-12/h3-9,11,18H,2,10H2,1H3,(H,19,20). The van der Waals surface area contributed by atoms with Gasteiger partial charge in [-0.05, 0) is 48.9 Å². The molecule has 2 rings (SSSR count). The Morgan fingerprint density at radius 2 is 1.83 bits per heavy atom. The third-order valence-electron chi connectivity index (χ3n) is 3.05. The molecular formula is C16H17FN2O3S. The number of halogens is 1. The first-order valence-corrected chi connectivity index (χ1v) is 8.57. The van der Waals surface area contributed by atoms with Crippen LogP contribution in [0, 0.1) is 5.82 Å². The van der Waals surface area contributed by atoms with E-state index in [0.29, 0.717) is 18.7 Å². The number of carbonyl (C=O) groups excluding carboxylic acids is 1. The highest BCUT2D eigenvalue weighted by atomic mass is 32.2. The molecule has 1 amide bonds. The van der Waals surface area contributed by atoms with Crippen molar-refractivity contribution >= 4 is 21.6 Å². The molecule has 7 heteroatoms. The van der Waals surface area contributed by atoms with E-state index in [1.54, 1.807) is 0 Å². The summed E-state index contributed by atoms with van der Waals surface area (Å²) >= 11 is 0. The van der Waals surface area contributed by atoms with Gasteiger partial charge in [-0.15, -0.1) is 0 Å². The normalized spacial score (nSPS) is 11.2. The molecule has 5 nitrogen and oxygen atoms in total. The van der Waals surface area contributed by atoms with Crippen molar-refractivity contribution < 1.29 is 17.6 Å². The number of benzene rings is 2. The van der Waals surface area contributed by atoms with Crippen LogP contribution in [0.1, 0.15) is 23.7 Å². The van der Waals surface area contributed by atoms with Gasteiger partial charge in [0.25, 0.3) is 5.91 Å². The molecule has 0 unspecified atom stereocenters. The molecule has 0 aromatic heterocycles. The van der Waals surface area contributed by atoms with Crippen LogP contribution in [0.4, 0.5) is 10.1 Å². The summed E-state index contributed by atoms with van der Waals surface area (Å²) in [5, 5.41) is 2.59. The summed E-state index contributed by atoms with van der Waals surface area (Å²) in [7, 11) is -3.54. The zero-order valence-corrected chi connectivity index (χ0v) is 13.4. The first-order chi connectivity index (χ1) is 10.9. The number of anilines is 1. The van der Waals surface area contributed by atoms with Crippen molar-refractivity contribution in [2.45, 2.75) is 18.2 Å². The highest BCUT2D eigenvalue weighted by molar-refractivity contribution is 7.89. The Bertz CT molecular complexity index is 789. The number of nitrogens with one attached hydrogen (secondary N) is 2. The number of carbonyl (C=O) groups is 1. The molecule has 23 heavy (non-hydrogen) atoms. The van der Waals surface area contributed by atoms with Gasteiger partial charge >= 0.3 is 0 Å². The highest BCUT2D eigenvalue weighted by Crippen LogP contribution is 2.15. The average molecular weight is 336 g/mol. The fourth-order valence-corrected chi connectivity index (χ4v) is 3.00. The number of hydrogen-bond donors (Lipinski definition) is 2. The molecule has 122 valence electrons. The van der Waals surface area contributed by atoms with Crippen molar-refractivity contribution in [3.8, 4) is 0 Å². The van der Waals surface area contributed by atoms with Crippen LogP contribution in [-0.2, 0) is 10.0 Å². The van der Waals surface area contributed by atoms with E-state index < -0.39 is 21.7 Å². The van der Waals surface area contributed by atoms with Crippen LogP contribution in [0.3, 0.4) is 0 Å². The van der Waals surface area contributed by atoms with Gasteiger partial charge < -0.3 is 5.32 Å². The number of amides is 1. The van der Waals surface area contributed by atoms with Crippen LogP contribution < -0.4 is 10.0 Å². The molecule has 0 radical (unpaired) electrons. The van der Waals surface area contributed by atoms with Crippen LogP contribution in [0.2, 0.25) is 0 Å². The van der Waals surface area contributed by atoms with Gasteiger partial charge in [0, 0.05) is 17.8 Å². The largest absolute Gasteiger partial charge is 0.322 e. The Kier molecular flexibility index (Phi) is 5.46. The van der Waals surface area contributed by atoms with Gasteiger partial charge in [-0.2, -0.15) is 0 Å². The molecule has 2 N–H and O–H groups in total. The lowest BCUT2D eigenvalue weighted by Gasteiger charge is -2.08. The molecule has 0 saturated carbocycles. The van der Waals surface area contributed by atoms with Gasteiger partial charge in [-0.3, -0.25) is 4.79 Å². The minimum absolute atomic E-state index is 0.120. The second-order valence-corrected chi connectivity index (χ2v) is 6.65. The summed E-state index contributed by atoms with van der Waals surface area (Å²) in [6.45, 7) is 2.23. The van der Waals surface area contributed by atoms with E-state index in [9.17, 15) is 17.6 Å². The van der Waals surface area contributed by atoms with Crippen molar-refractivity contribution in [3.05, 3.63) is 59.9 Å². The van der Waals surface area contributed by atoms with E-state index in [4.69, 9.17) is 0 Å². The lowest BCUT2D eigenvalue weighted by molar-refractivity contribution is 0.102. The van der Waals surface area contributed by atoms with Gasteiger partial charge in [0.05, 0.1) is 4.90 Å². The average Bonchev–Trinajstić information content (AvgIpc) is 2.53. The smallest absolute Gasteiger partial charge is 0.255 e. The van der Waals surface area contributed by atoms with Crippen LogP contribution in [-0.4, -0.2) is 20.9 Å². The lowest BCUT2D eigenvalue weighted by atomic mass is 10.2. The van der Waals surface area contributed by atoms with Crippen molar-refractivity contribution in [1.29, 1.82) is 0 Å². The Hall–Kier alpha value is -2.25. The van der Waals surface area contributed by atoms with Crippen molar-refractivity contribution in [1.82, 2.24) is 4.72 Å². The van der Waals surface area contributed by atoms with Crippen LogP contribution in [0.5, 0.6) is 0 Å². The van der Waals surface area contributed by atoms with E-state index in [1.165, 1.54) is 42.5 Å². The zero-order chi connectivity index (χ0) is 16.9. The second kappa shape index (κ2) is 7.34. The molecule has 0 spiro atoms. The van der Waals surface area contributed by atoms with Gasteiger partial charge in [-0.1, -0.05) is 13.0 Å². The summed E-state index contributed by atoms with van der Waals surface area (Å²) < 4.78 is 39.4. The van der Waals surface area contributed by atoms with Gasteiger partial charge in [0.2, 0.25) is 10.0 Å². The molecule has 0 aliphatic heterocycles. The van der Waals surface area contributed by atoms with Gasteiger partial charge in [0.1, 0.15) is 5.82 Å². The number of rotatable bonds is 6. The molecular weight excluding hydrogens is 319 g/mol. The Morgan fingerprint density at radius 1 is 1.13 bits per heavy atom. The first-order valence-electron chi connectivity index (χ1n) is 7.09. The molecule has 0 heterocycles. The van der Waals surface area contributed by atoms with Crippen LogP contribution in [0.25, 0.3) is 0 Å². The minimum atomic E-state index is -3.54. The summed E-state index contributed by atoms with van der Waals surface area (Å²) in [4.78, 5) is 12.1. The predicted octanol–water partition coefficient (Wildman–Crippen LogP) is 2.77. The summed E-state index contributed by atoms with van der Waals surface area (Å²) in [6.07, 6.45) is 0.695. The van der Waals surface area contributed by atoms with Gasteiger partial charge in [0.15, 0.2) is 0 Å². The van der Waals surface area contributed by atoms with E-state index in [-0.39, 0.29) is 10.5 Å². The quantitative estimate of drug-likeness (QED) is 0.852. The van der Waals surface area contributed by atoms with Gasteiger partial charge in [-0.25, -0.2) is 17.5 Å². The van der Waals surface area contributed by atoms with E-state index in [1.807, 2.05) is 6.92 Å². The first kappa shape index (κ1) is 17.1. The SMILES string of the molecule is CCCNS(=O)(=O)c1ccc(NC(=O)c2cccc(F)c2)cc1. The third kappa shape index (κ3) is 4.61. The topological polar surface area (TPSA) is 75.3 Å². The maximum absolute atomic E-state index is 13.1. The summed E-state index contributed by atoms with van der Waals surface area (Å²) in [5.74, 6) is -0.967. The number of sulfonamides is 1. The second-order valence-electron chi connectivity index (χ2n) is 4.89. The number of hydrogen-bond acceptors (Lipinski definition) is 3. The van der Waals surface area contributed by atoms with E-state index in [0.717, 1.165) is 6.07 Å². The summed E-state index contributed by atoms with van der Waals surface area (Å²) in [6, 6.07) is 11.1. The molecule has 0 saturated heterocycles. The molecule has 0 atom stereocenters. The predicted molar refractivity (Wildman–Crippen MR) is 86.3 cm³/mol. The van der Waals surface area contributed by atoms with E-state index in [2.05, 4.69) is 10.0 Å². The Balaban J connectivity index is 2.10. The fraction of sp³-hybridized carbons (Fsp3) is 0.188. The highest BCUT2D eigenvalue weighted by Gasteiger charge is 2.13. The maximum atomic E-state index is 13.1. The molecule has 0 fully saturated rings. The molecule has 2 aromatic carbocycles. The molecule has 0 aliphatic rings. The van der Waals surface area contributed by atoms with Crippen molar-refractivity contribution in [2.75, 3.05) is 11.9 Å². The maximum Gasteiger partial charge on any atom is 0.255 e. The Labute approximate surface area is 134 Å². The minimum Gasteiger partial charge on any atom is -0.322 e. The lowest BCUT2D eigenvalue weighted by Crippen LogP contribution is -2.24. The van der Waals surface area contributed by atoms with Crippen molar-refractivity contribution in [3.63, 3.8) is 0 Å². The monoisotopic (exact) mass is 336 g/mol. The fourth-order valence-electron chi connectivity index (χ4n) is 1.87. The zero-order valence-electron chi connectivity index (χ0n) is 12.5. The van der Waals surface area contributed by atoms with E-state index >= 15 is 0 Å². The third-order valence-corrected chi connectivity index (χ3v) is 4.53. The van der Waals surface area contributed by atoms with Crippen molar-refractivity contribution in [2.24, 2.45) is 0 Å². The Morgan fingerprint density at radius 3 is 2.43 bits per heavy atom. The van der Waals surface area contributed by atoms with Crippen LogP contribution in [0.15, 0.2) is 53.4 Å².